The molecule has 1 aromatic rings. The predicted octanol–water partition coefficient (Wildman–Crippen LogP) is 4.31. The van der Waals surface area contributed by atoms with Crippen LogP contribution in [-0.4, -0.2) is 36.6 Å². The van der Waals surface area contributed by atoms with E-state index in [1.165, 1.54) is 24.8 Å². The Kier molecular flexibility index (Phi) is 9.82. The first-order valence-corrected chi connectivity index (χ1v) is 10.1. The fraction of sp³-hybridized carbons (Fsp3) is 0.688. The van der Waals surface area contributed by atoms with Crippen molar-refractivity contribution in [3.63, 3.8) is 0 Å². The van der Waals surface area contributed by atoms with E-state index < -0.39 is 0 Å². The number of nitrogens with one attached hydrogen (secondary N) is 2. The van der Waals surface area contributed by atoms with Crippen molar-refractivity contribution >= 4 is 53.0 Å². The number of thiophene rings is 1. The molecule has 1 aliphatic carbocycles. The van der Waals surface area contributed by atoms with Gasteiger partial charge in [-0.15, -0.1) is 24.0 Å². The first kappa shape index (κ1) is 20.1. The van der Waals surface area contributed by atoms with Gasteiger partial charge in [-0.1, -0.05) is 6.92 Å². The third-order valence-electron chi connectivity index (χ3n) is 4.04. The highest BCUT2D eigenvalue weighted by molar-refractivity contribution is 14.0. The molecule has 0 saturated heterocycles. The van der Waals surface area contributed by atoms with Crippen molar-refractivity contribution in [3.8, 4) is 0 Å². The SMILES string of the molecule is CCNC(=NCC(C)c1ccsc1)NC1CCC(SC)C1.I. The lowest BCUT2D eigenvalue weighted by atomic mass is 10.1. The molecule has 6 heteroatoms. The molecule has 1 saturated carbocycles. The Labute approximate surface area is 160 Å². The van der Waals surface area contributed by atoms with Gasteiger partial charge in [0.05, 0.1) is 0 Å². The summed E-state index contributed by atoms with van der Waals surface area (Å²) >= 11 is 3.75. The Morgan fingerprint density at radius 2 is 2.32 bits per heavy atom. The van der Waals surface area contributed by atoms with Crippen molar-refractivity contribution < 1.29 is 0 Å². The Morgan fingerprint density at radius 1 is 1.50 bits per heavy atom. The lowest BCUT2D eigenvalue weighted by Crippen LogP contribution is -2.42. The first-order chi connectivity index (χ1) is 10.2. The minimum Gasteiger partial charge on any atom is -0.357 e. The zero-order valence-corrected chi connectivity index (χ0v) is 17.6. The monoisotopic (exact) mass is 453 g/mol. The number of halogens is 1. The third-order valence-corrected chi connectivity index (χ3v) is 5.83. The highest BCUT2D eigenvalue weighted by Crippen LogP contribution is 2.28. The maximum Gasteiger partial charge on any atom is 0.191 e. The molecule has 0 aromatic carbocycles. The number of rotatable bonds is 6. The van der Waals surface area contributed by atoms with E-state index in [0.717, 1.165) is 24.3 Å². The third kappa shape index (κ3) is 6.28. The van der Waals surface area contributed by atoms with E-state index in [2.05, 4.69) is 47.6 Å². The summed E-state index contributed by atoms with van der Waals surface area (Å²) in [6, 6.07) is 2.78. The fourth-order valence-electron chi connectivity index (χ4n) is 2.69. The molecule has 126 valence electrons. The van der Waals surface area contributed by atoms with Crippen molar-refractivity contribution in [1.29, 1.82) is 0 Å². The average molecular weight is 453 g/mol. The molecule has 0 bridgehead atoms. The standard InChI is InChI=1S/C16H27N3S2.HI/c1-4-17-16(19-14-5-6-15(9-14)20-3)18-10-12(2)13-7-8-21-11-13;/h7-8,11-12,14-15H,4-6,9-10H2,1-3H3,(H2,17,18,19);1H. The minimum absolute atomic E-state index is 0. The second-order valence-electron chi connectivity index (χ2n) is 5.69. The summed E-state index contributed by atoms with van der Waals surface area (Å²) in [6.45, 7) is 6.12. The zero-order chi connectivity index (χ0) is 15.1. The van der Waals surface area contributed by atoms with Gasteiger partial charge in [-0.25, -0.2) is 0 Å². The van der Waals surface area contributed by atoms with Crippen LogP contribution in [0.15, 0.2) is 21.8 Å². The molecule has 22 heavy (non-hydrogen) atoms. The second kappa shape index (κ2) is 10.8. The molecule has 2 N–H and O–H groups in total. The molecule has 1 fully saturated rings. The number of aliphatic imine (C=N–C) groups is 1. The lowest BCUT2D eigenvalue weighted by molar-refractivity contribution is 0.612. The quantitative estimate of drug-likeness (QED) is 0.383. The molecule has 1 heterocycles. The van der Waals surface area contributed by atoms with Crippen LogP contribution in [-0.2, 0) is 0 Å². The van der Waals surface area contributed by atoms with E-state index in [-0.39, 0.29) is 24.0 Å². The van der Waals surface area contributed by atoms with Crippen LogP contribution < -0.4 is 10.6 Å². The molecule has 0 amide bonds. The largest absolute Gasteiger partial charge is 0.357 e. The van der Waals surface area contributed by atoms with Crippen molar-refractivity contribution in [1.82, 2.24) is 10.6 Å². The molecular formula is C16H28IN3S2. The van der Waals surface area contributed by atoms with Gasteiger partial charge in [-0.2, -0.15) is 23.1 Å². The van der Waals surface area contributed by atoms with E-state index in [9.17, 15) is 0 Å². The number of nitrogens with zero attached hydrogens (tertiary/aromatic N) is 1. The maximum atomic E-state index is 4.78. The second-order valence-corrected chi connectivity index (χ2v) is 7.61. The van der Waals surface area contributed by atoms with Crippen LogP contribution in [0.5, 0.6) is 0 Å². The highest BCUT2D eigenvalue weighted by Gasteiger charge is 2.24. The molecule has 0 aliphatic heterocycles. The Bertz CT molecular complexity index is 437. The van der Waals surface area contributed by atoms with Crippen LogP contribution in [0.2, 0.25) is 0 Å². The summed E-state index contributed by atoms with van der Waals surface area (Å²) in [5.41, 5.74) is 1.39. The summed E-state index contributed by atoms with van der Waals surface area (Å²) in [7, 11) is 0. The Morgan fingerprint density at radius 3 is 2.91 bits per heavy atom. The number of hydrogen-bond acceptors (Lipinski definition) is 3. The van der Waals surface area contributed by atoms with Crippen molar-refractivity contribution in [2.24, 2.45) is 4.99 Å². The van der Waals surface area contributed by atoms with Gasteiger partial charge in [0.25, 0.3) is 0 Å². The smallest absolute Gasteiger partial charge is 0.191 e. The van der Waals surface area contributed by atoms with Gasteiger partial charge >= 0.3 is 0 Å². The molecule has 2 rings (SSSR count). The number of hydrogen-bond donors (Lipinski definition) is 2. The molecule has 0 spiro atoms. The van der Waals surface area contributed by atoms with Gasteiger partial charge in [0.15, 0.2) is 5.96 Å². The molecule has 1 aliphatic rings. The molecule has 0 radical (unpaired) electrons. The van der Waals surface area contributed by atoms with E-state index in [0.29, 0.717) is 12.0 Å². The molecule has 3 nitrogen and oxygen atoms in total. The first-order valence-electron chi connectivity index (χ1n) is 7.82. The van der Waals surface area contributed by atoms with E-state index in [1.54, 1.807) is 11.3 Å². The fourth-order valence-corrected chi connectivity index (χ4v) is 4.27. The van der Waals surface area contributed by atoms with E-state index >= 15 is 0 Å². The van der Waals surface area contributed by atoms with Gasteiger partial charge in [-0.05, 0) is 54.8 Å². The number of guanidine groups is 1. The molecule has 3 unspecified atom stereocenters. The van der Waals surface area contributed by atoms with Gasteiger partial charge in [-0.3, -0.25) is 4.99 Å². The van der Waals surface area contributed by atoms with Gasteiger partial charge in [0.2, 0.25) is 0 Å². The van der Waals surface area contributed by atoms with Crippen LogP contribution in [0.4, 0.5) is 0 Å². The highest BCUT2D eigenvalue weighted by atomic mass is 127. The van der Waals surface area contributed by atoms with Crippen LogP contribution in [0.1, 0.15) is 44.6 Å². The summed E-state index contributed by atoms with van der Waals surface area (Å²) in [6.07, 6.45) is 6.06. The summed E-state index contributed by atoms with van der Waals surface area (Å²) in [4.78, 5) is 4.78. The van der Waals surface area contributed by atoms with Crippen LogP contribution >= 0.6 is 47.1 Å². The van der Waals surface area contributed by atoms with Crippen LogP contribution in [0.25, 0.3) is 0 Å². The number of thioether (sulfide) groups is 1. The van der Waals surface area contributed by atoms with Gasteiger partial charge < -0.3 is 10.6 Å². The van der Waals surface area contributed by atoms with Crippen molar-refractivity contribution in [2.75, 3.05) is 19.3 Å². The van der Waals surface area contributed by atoms with Crippen molar-refractivity contribution in [3.05, 3.63) is 22.4 Å². The van der Waals surface area contributed by atoms with Gasteiger partial charge in [0, 0.05) is 30.3 Å². The summed E-state index contributed by atoms with van der Waals surface area (Å²) in [5, 5.41) is 12.2. The van der Waals surface area contributed by atoms with E-state index in [4.69, 9.17) is 4.99 Å². The summed E-state index contributed by atoms with van der Waals surface area (Å²) < 4.78 is 0. The van der Waals surface area contributed by atoms with Crippen LogP contribution in [0, 0.1) is 0 Å². The molecule has 3 atom stereocenters. The molecular weight excluding hydrogens is 425 g/mol. The molecule has 1 aromatic heterocycles. The average Bonchev–Trinajstić information content (AvgIpc) is 3.16. The van der Waals surface area contributed by atoms with Crippen molar-refractivity contribution in [2.45, 2.75) is 50.3 Å². The lowest BCUT2D eigenvalue weighted by Gasteiger charge is -2.18. The minimum atomic E-state index is 0. The van der Waals surface area contributed by atoms with E-state index in [1.807, 2.05) is 11.8 Å². The summed E-state index contributed by atoms with van der Waals surface area (Å²) in [5.74, 6) is 1.46. The Balaban J connectivity index is 0.00000242. The van der Waals surface area contributed by atoms with Gasteiger partial charge in [0.1, 0.15) is 0 Å². The normalized spacial score (nSPS) is 23.0. The van der Waals surface area contributed by atoms with Crippen LogP contribution in [0.3, 0.4) is 0 Å². The maximum absolute atomic E-state index is 4.78. The zero-order valence-electron chi connectivity index (χ0n) is 13.7. The topological polar surface area (TPSA) is 36.4 Å². The predicted molar refractivity (Wildman–Crippen MR) is 112 cm³/mol. The Hall–Kier alpha value is 0.0500.